The number of imidazole rings is 1. The lowest BCUT2D eigenvalue weighted by Gasteiger charge is -2.10. The summed E-state index contributed by atoms with van der Waals surface area (Å²) in [6, 6.07) is 5.31. The summed E-state index contributed by atoms with van der Waals surface area (Å²) in [6.45, 7) is 0.378. The van der Waals surface area contributed by atoms with Gasteiger partial charge in [0.15, 0.2) is 23.0 Å². The summed E-state index contributed by atoms with van der Waals surface area (Å²) in [4.78, 5) is 14.2. The predicted molar refractivity (Wildman–Crippen MR) is 81.1 cm³/mol. The summed E-state index contributed by atoms with van der Waals surface area (Å²) >= 11 is 5.06. The molecule has 0 fully saturated rings. The Balaban J connectivity index is 1.90. The second-order valence-corrected chi connectivity index (χ2v) is 4.72. The Morgan fingerprint density at radius 3 is 3.10 bits per heavy atom. The van der Waals surface area contributed by atoms with Crippen LogP contribution >= 0.6 is 12.2 Å². The van der Waals surface area contributed by atoms with E-state index < -0.39 is 0 Å². The molecular weight excluding hydrogens is 290 g/mol. The summed E-state index contributed by atoms with van der Waals surface area (Å²) in [6.07, 6.45) is 1.56. The number of anilines is 1. The number of aromatic hydroxyl groups is 1. The Hall–Kier alpha value is -2.61. The SMILES string of the molecule is COc1cccc(CNc2nc(=S)[nH]c3nc[nH]c23)c1O. The zero-order chi connectivity index (χ0) is 14.8. The summed E-state index contributed by atoms with van der Waals surface area (Å²) in [5.41, 5.74) is 2.06. The standard InChI is InChI=1S/C13H13N5O2S/c1-20-8-4-2-3-7(10(8)19)5-14-11-9-12(16-6-15-9)18-13(21)17-11/h2-4,6,19H,5H2,1H3,(H3,14,15,16,17,18,21). The smallest absolute Gasteiger partial charge is 0.200 e. The second-order valence-electron chi connectivity index (χ2n) is 4.34. The number of methoxy groups -OCH3 is 1. The molecule has 0 spiro atoms. The minimum atomic E-state index is 0.106. The summed E-state index contributed by atoms with van der Waals surface area (Å²) in [5, 5.41) is 13.2. The van der Waals surface area contributed by atoms with Gasteiger partial charge in [0.2, 0.25) is 4.77 Å². The zero-order valence-electron chi connectivity index (χ0n) is 11.2. The van der Waals surface area contributed by atoms with Gasteiger partial charge in [-0.1, -0.05) is 12.1 Å². The van der Waals surface area contributed by atoms with E-state index in [-0.39, 0.29) is 5.75 Å². The molecule has 108 valence electrons. The van der Waals surface area contributed by atoms with E-state index in [2.05, 4.69) is 25.3 Å². The van der Waals surface area contributed by atoms with Gasteiger partial charge in [0.1, 0.15) is 5.52 Å². The number of nitrogens with zero attached hydrogens (tertiary/aromatic N) is 2. The van der Waals surface area contributed by atoms with Crippen LogP contribution in [-0.4, -0.2) is 32.2 Å². The van der Waals surface area contributed by atoms with E-state index in [1.807, 2.05) is 6.07 Å². The molecule has 0 saturated carbocycles. The number of phenols is 1. The minimum Gasteiger partial charge on any atom is -0.504 e. The van der Waals surface area contributed by atoms with E-state index >= 15 is 0 Å². The number of rotatable bonds is 4. The molecule has 0 bridgehead atoms. The van der Waals surface area contributed by atoms with E-state index in [4.69, 9.17) is 17.0 Å². The number of phenolic OH excluding ortho intramolecular Hbond substituents is 1. The van der Waals surface area contributed by atoms with Crippen LogP contribution in [0.3, 0.4) is 0 Å². The summed E-state index contributed by atoms with van der Waals surface area (Å²) in [7, 11) is 1.51. The molecular formula is C13H13N5O2S. The first kappa shape index (κ1) is 13.4. The Kier molecular flexibility index (Phi) is 3.44. The number of ether oxygens (including phenoxy) is 1. The lowest BCUT2D eigenvalue weighted by atomic mass is 10.2. The molecule has 0 unspecified atom stereocenters. The third kappa shape index (κ3) is 2.52. The van der Waals surface area contributed by atoms with E-state index in [9.17, 15) is 5.11 Å². The van der Waals surface area contributed by atoms with Crippen molar-refractivity contribution in [1.29, 1.82) is 0 Å². The van der Waals surface area contributed by atoms with Gasteiger partial charge in [0.05, 0.1) is 13.4 Å². The number of H-pyrrole nitrogens is 2. The lowest BCUT2D eigenvalue weighted by molar-refractivity contribution is 0.371. The first-order valence-electron chi connectivity index (χ1n) is 6.21. The third-order valence-electron chi connectivity index (χ3n) is 3.06. The van der Waals surface area contributed by atoms with Crippen LogP contribution in [0.25, 0.3) is 11.2 Å². The maximum absolute atomic E-state index is 10.1. The number of hydrogen-bond acceptors (Lipinski definition) is 6. The van der Waals surface area contributed by atoms with Crippen LogP contribution in [0.4, 0.5) is 5.82 Å². The van der Waals surface area contributed by atoms with Crippen molar-refractivity contribution < 1.29 is 9.84 Å². The van der Waals surface area contributed by atoms with Crippen LogP contribution in [0.5, 0.6) is 11.5 Å². The molecule has 8 heteroatoms. The van der Waals surface area contributed by atoms with Gasteiger partial charge in [0.25, 0.3) is 0 Å². The fourth-order valence-electron chi connectivity index (χ4n) is 2.04. The van der Waals surface area contributed by atoms with Crippen molar-refractivity contribution in [2.45, 2.75) is 6.54 Å². The zero-order valence-corrected chi connectivity index (χ0v) is 12.0. The van der Waals surface area contributed by atoms with E-state index in [1.54, 1.807) is 18.5 Å². The molecule has 21 heavy (non-hydrogen) atoms. The van der Waals surface area contributed by atoms with E-state index in [0.29, 0.717) is 34.1 Å². The first-order chi connectivity index (χ1) is 10.2. The third-order valence-corrected chi connectivity index (χ3v) is 3.26. The normalized spacial score (nSPS) is 10.7. The highest BCUT2D eigenvalue weighted by Gasteiger charge is 2.09. The molecule has 0 aliphatic carbocycles. The highest BCUT2D eigenvalue weighted by atomic mass is 32.1. The predicted octanol–water partition coefficient (Wildman–Crippen LogP) is 2.34. The Labute approximate surface area is 125 Å². The van der Waals surface area contributed by atoms with Gasteiger partial charge in [-0.25, -0.2) is 9.97 Å². The van der Waals surface area contributed by atoms with Gasteiger partial charge >= 0.3 is 0 Å². The van der Waals surface area contributed by atoms with Crippen molar-refractivity contribution >= 4 is 29.2 Å². The number of nitrogens with one attached hydrogen (secondary N) is 3. The molecule has 7 nitrogen and oxygen atoms in total. The van der Waals surface area contributed by atoms with Crippen molar-refractivity contribution in [2.24, 2.45) is 0 Å². The maximum Gasteiger partial charge on any atom is 0.200 e. The highest BCUT2D eigenvalue weighted by Crippen LogP contribution is 2.30. The lowest BCUT2D eigenvalue weighted by Crippen LogP contribution is -2.04. The van der Waals surface area contributed by atoms with Crippen LogP contribution in [0.15, 0.2) is 24.5 Å². The van der Waals surface area contributed by atoms with Crippen molar-refractivity contribution in [3.63, 3.8) is 0 Å². The molecule has 3 aromatic rings. The molecule has 0 aliphatic heterocycles. The molecule has 0 aliphatic rings. The number of aromatic amines is 2. The molecule has 2 heterocycles. The van der Waals surface area contributed by atoms with E-state index in [1.165, 1.54) is 7.11 Å². The average Bonchev–Trinajstić information content (AvgIpc) is 2.94. The highest BCUT2D eigenvalue weighted by molar-refractivity contribution is 7.71. The van der Waals surface area contributed by atoms with Crippen LogP contribution in [-0.2, 0) is 6.54 Å². The second kappa shape index (κ2) is 5.41. The Bertz CT molecular complexity index is 842. The molecule has 1 aromatic carbocycles. The number of benzene rings is 1. The van der Waals surface area contributed by atoms with Crippen LogP contribution in [0.2, 0.25) is 0 Å². The Morgan fingerprint density at radius 1 is 1.43 bits per heavy atom. The van der Waals surface area contributed by atoms with Gasteiger partial charge in [-0.3, -0.25) is 0 Å². The van der Waals surface area contributed by atoms with Crippen molar-refractivity contribution in [2.75, 3.05) is 12.4 Å². The van der Waals surface area contributed by atoms with Crippen molar-refractivity contribution in [3.05, 3.63) is 34.9 Å². The fraction of sp³-hybridized carbons (Fsp3) is 0.154. The van der Waals surface area contributed by atoms with Gasteiger partial charge in [-0.05, 0) is 18.3 Å². The number of fused-ring (bicyclic) bond motifs is 1. The van der Waals surface area contributed by atoms with Gasteiger partial charge < -0.3 is 25.1 Å². The molecule has 0 atom stereocenters. The van der Waals surface area contributed by atoms with Gasteiger partial charge in [0, 0.05) is 12.1 Å². The van der Waals surface area contributed by atoms with Gasteiger partial charge in [-0.15, -0.1) is 0 Å². The molecule has 0 amide bonds. The number of hydrogen-bond donors (Lipinski definition) is 4. The summed E-state index contributed by atoms with van der Waals surface area (Å²) < 4.78 is 5.42. The molecule has 0 saturated heterocycles. The average molecular weight is 303 g/mol. The Morgan fingerprint density at radius 2 is 2.29 bits per heavy atom. The van der Waals surface area contributed by atoms with Crippen LogP contribution < -0.4 is 10.1 Å². The van der Waals surface area contributed by atoms with Crippen molar-refractivity contribution in [1.82, 2.24) is 19.9 Å². The van der Waals surface area contributed by atoms with Crippen LogP contribution in [0.1, 0.15) is 5.56 Å². The quantitative estimate of drug-likeness (QED) is 0.552. The van der Waals surface area contributed by atoms with Crippen molar-refractivity contribution in [3.8, 4) is 11.5 Å². The molecule has 3 rings (SSSR count). The monoisotopic (exact) mass is 303 g/mol. The first-order valence-corrected chi connectivity index (χ1v) is 6.62. The van der Waals surface area contributed by atoms with E-state index in [0.717, 1.165) is 5.52 Å². The van der Waals surface area contributed by atoms with Crippen LogP contribution in [0, 0.1) is 4.77 Å². The fourth-order valence-corrected chi connectivity index (χ4v) is 2.23. The molecule has 2 aromatic heterocycles. The topological polar surface area (TPSA) is 98.9 Å². The largest absolute Gasteiger partial charge is 0.504 e. The maximum atomic E-state index is 10.1. The molecule has 0 radical (unpaired) electrons. The van der Waals surface area contributed by atoms with Gasteiger partial charge in [-0.2, -0.15) is 0 Å². The molecule has 4 N–H and O–H groups in total. The summed E-state index contributed by atoms with van der Waals surface area (Å²) in [5.74, 6) is 1.11. The minimum absolute atomic E-state index is 0.106. The number of para-hydroxylation sites is 1. The number of aromatic nitrogens is 4.